The summed E-state index contributed by atoms with van der Waals surface area (Å²) in [6.45, 7) is 16.3. The second-order valence-corrected chi connectivity index (χ2v) is 19.4. The number of hydrogen-bond acceptors (Lipinski definition) is 9. The highest BCUT2D eigenvalue weighted by Gasteiger charge is 2.80. The standard InChI is InChI=1S/C48H63FN6O6/c1-9-45(52-43(58)50-11-3)25-30-24-44(6,38-32(15-19-54(26-30)27-45)33-22-31(49)13-14-36(33)51-38)34-23-35-37(21-28(34)4)53(7)40-47(35)17-20-55-18-12-16-46(10-2,39(47)55)41(61-29(5)56)48(40,59)42(57)60-8/h12-14,16,21-23,30,39-41,51,59H,9-11,15,17-20,24-27H2,1-8H3,(H2,50,52,58)/t30-,39-,40+,41+,44+,45?,46+,47+,48-/m0/s1. The van der Waals surface area contributed by atoms with Gasteiger partial charge in [-0.1, -0.05) is 32.1 Å². The van der Waals surface area contributed by atoms with Crippen molar-refractivity contribution in [1.29, 1.82) is 0 Å². The number of methoxy groups -OCH3 is 1. The first-order valence-electron chi connectivity index (χ1n) is 22.4. The Kier molecular flexibility index (Phi) is 9.99. The van der Waals surface area contributed by atoms with Crippen LogP contribution in [0.3, 0.4) is 0 Å². The molecule has 2 saturated heterocycles. The van der Waals surface area contributed by atoms with E-state index >= 15 is 4.39 Å². The molecule has 2 aromatic carbocycles. The second kappa shape index (κ2) is 14.6. The molecule has 5 aliphatic heterocycles. The molecular weight excluding hydrogens is 776 g/mol. The van der Waals surface area contributed by atoms with Crippen LogP contribution in [0.2, 0.25) is 0 Å². The maximum Gasteiger partial charge on any atom is 0.344 e. The number of halogens is 1. The number of likely N-dealkylation sites (N-methyl/N-ethyl adjacent to an activating group) is 1. The maximum absolute atomic E-state index is 15.2. The zero-order valence-electron chi connectivity index (χ0n) is 37.0. The number of ether oxygens (including phenoxy) is 2. The lowest BCUT2D eigenvalue weighted by atomic mass is 9.47. The molecule has 6 heterocycles. The van der Waals surface area contributed by atoms with Gasteiger partial charge < -0.3 is 40.0 Å². The Morgan fingerprint density at radius 1 is 1.05 bits per heavy atom. The predicted molar refractivity (Wildman–Crippen MR) is 232 cm³/mol. The summed E-state index contributed by atoms with van der Waals surface area (Å²) in [4.78, 5) is 51.5. The van der Waals surface area contributed by atoms with E-state index in [-0.39, 0.29) is 23.8 Å². The molecule has 3 fully saturated rings. The van der Waals surface area contributed by atoms with Gasteiger partial charge in [-0.2, -0.15) is 0 Å². The number of aromatic nitrogens is 1. The van der Waals surface area contributed by atoms with Crippen LogP contribution in [-0.4, -0.2) is 121 Å². The van der Waals surface area contributed by atoms with E-state index in [0.29, 0.717) is 32.4 Å². The molecule has 2 bridgehead atoms. The van der Waals surface area contributed by atoms with Gasteiger partial charge in [-0.25, -0.2) is 14.0 Å². The maximum atomic E-state index is 15.2. The monoisotopic (exact) mass is 838 g/mol. The van der Waals surface area contributed by atoms with Gasteiger partial charge >= 0.3 is 18.0 Å². The number of esters is 2. The minimum absolute atomic E-state index is 0.150. The van der Waals surface area contributed by atoms with Crippen molar-refractivity contribution in [2.24, 2.45) is 11.3 Å². The van der Waals surface area contributed by atoms with Crippen LogP contribution < -0.4 is 15.5 Å². The van der Waals surface area contributed by atoms with Gasteiger partial charge in [0.1, 0.15) is 5.82 Å². The first kappa shape index (κ1) is 41.9. The average Bonchev–Trinajstić information content (AvgIpc) is 3.88. The van der Waals surface area contributed by atoms with E-state index in [1.54, 1.807) is 6.07 Å². The quantitative estimate of drug-likeness (QED) is 0.177. The van der Waals surface area contributed by atoms with Crippen LogP contribution in [0.15, 0.2) is 42.5 Å². The van der Waals surface area contributed by atoms with Crippen LogP contribution in [0.5, 0.6) is 0 Å². The third-order valence-electron chi connectivity index (χ3n) is 16.3. The average molecular weight is 839 g/mol. The Balaban J connectivity index is 1.27. The van der Waals surface area contributed by atoms with Crippen molar-refractivity contribution in [3.63, 3.8) is 0 Å². The molecule has 10 atom stereocenters. The van der Waals surface area contributed by atoms with Crippen molar-refractivity contribution in [1.82, 2.24) is 25.4 Å². The Bertz CT molecular complexity index is 2330. The minimum atomic E-state index is -2.21. The third kappa shape index (κ3) is 5.81. The van der Waals surface area contributed by atoms with Gasteiger partial charge in [0.2, 0.25) is 5.60 Å². The van der Waals surface area contributed by atoms with Crippen molar-refractivity contribution in [3.8, 4) is 0 Å². The molecule has 3 aromatic rings. The van der Waals surface area contributed by atoms with E-state index < -0.39 is 51.5 Å². The fraction of sp³-hybridized carbons (Fsp3) is 0.604. The fourth-order valence-electron chi connectivity index (χ4n) is 14.2. The molecule has 2 unspecified atom stereocenters. The van der Waals surface area contributed by atoms with E-state index in [0.717, 1.165) is 90.0 Å². The molecule has 13 heteroatoms. The molecule has 9 rings (SSSR count). The SMILES string of the molecule is CCNC(=O)NC1(CC)C[C@H]2CN(CCc3c([nH]c4ccc(F)cc34)[C@@](C)(c3cc4c(cc3C)N(C)[C@H]3[C@@](O)(C(=O)OC)[C@H](OC(C)=O)[C@]5(CC)C=CCN6CC[C@]43[C@@H]65)C2)C1. The number of carbonyl (C=O) groups excluding carboxylic acids is 3. The molecule has 328 valence electrons. The number of aryl methyl sites for hydroxylation is 1. The van der Waals surface area contributed by atoms with Crippen molar-refractivity contribution >= 4 is 34.6 Å². The van der Waals surface area contributed by atoms with Gasteiger partial charge in [0.25, 0.3) is 0 Å². The summed E-state index contributed by atoms with van der Waals surface area (Å²) in [5, 5.41) is 20.6. The Morgan fingerprint density at radius 2 is 1.84 bits per heavy atom. The molecule has 1 saturated carbocycles. The first-order valence-corrected chi connectivity index (χ1v) is 22.4. The topological polar surface area (TPSA) is 139 Å². The zero-order chi connectivity index (χ0) is 43.4. The smallest absolute Gasteiger partial charge is 0.344 e. The van der Waals surface area contributed by atoms with Crippen LogP contribution in [0.4, 0.5) is 14.9 Å². The van der Waals surface area contributed by atoms with E-state index in [1.165, 1.54) is 20.1 Å². The van der Waals surface area contributed by atoms with Crippen LogP contribution in [0, 0.1) is 24.1 Å². The summed E-state index contributed by atoms with van der Waals surface area (Å²) in [6, 6.07) is 8.47. The van der Waals surface area contributed by atoms with Gasteiger partial charge in [-0.3, -0.25) is 9.69 Å². The highest BCUT2D eigenvalue weighted by atomic mass is 19.1. The summed E-state index contributed by atoms with van der Waals surface area (Å²) < 4.78 is 26.9. The van der Waals surface area contributed by atoms with Gasteiger partial charge in [-0.05, 0) is 118 Å². The number of hydrogen-bond donors (Lipinski definition) is 4. The largest absolute Gasteiger partial charge is 0.467 e. The number of aliphatic hydroxyl groups is 1. The molecule has 12 nitrogen and oxygen atoms in total. The number of carbonyl (C=O) groups is 3. The Labute approximate surface area is 358 Å². The number of nitrogens with one attached hydrogen (secondary N) is 3. The number of piperidine rings is 1. The molecule has 1 spiro atoms. The number of nitrogens with zero attached hydrogens (tertiary/aromatic N) is 3. The van der Waals surface area contributed by atoms with Crippen molar-refractivity contribution < 1.29 is 33.4 Å². The number of H-pyrrole nitrogens is 1. The van der Waals surface area contributed by atoms with Gasteiger partial charge in [0, 0.05) is 91.3 Å². The summed E-state index contributed by atoms with van der Waals surface area (Å²) in [6.07, 6.45) is 7.24. The van der Waals surface area contributed by atoms with Gasteiger partial charge in [0.15, 0.2) is 6.10 Å². The Morgan fingerprint density at radius 3 is 2.54 bits per heavy atom. The summed E-state index contributed by atoms with van der Waals surface area (Å²) >= 11 is 0. The number of fused-ring (bicyclic) bond motifs is 6. The minimum Gasteiger partial charge on any atom is -0.467 e. The van der Waals surface area contributed by atoms with E-state index in [9.17, 15) is 19.5 Å². The summed E-state index contributed by atoms with van der Waals surface area (Å²) in [5.41, 5.74) is 2.36. The molecular formula is C48H63FN6O6. The second-order valence-electron chi connectivity index (χ2n) is 19.4. The normalized spacial score (nSPS) is 36.2. The number of urea groups is 1. The van der Waals surface area contributed by atoms with E-state index in [1.807, 2.05) is 20.0 Å². The summed E-state index contributed by atoms with van der Waals surface area (Å²) in [7, 11) is 3.24. The predicted octanol–water partition coefficient (Wildman–Crippen LogP) is 5.60. The van der Waals surface area contributed by atoms with Crippen LogP contribution in [0.25, 0.3) is 10.9 Å². The Hall–Kier alpha value is -4.46. The van der Waals surface area contributed by atoms with Crippen LogP contribution in [0.1, 0.15) is 94.7 Å². The number of rotatable bonds is 7. The highest BCUT2D eigenvalue weighted by Crippen LogP contribution is 2.68. The lowest BCUT2D eigenvalue weighted by Gasteiger charge is -2.63. The lowest BCUT2D eigenvalue weighted by molar-refractivity contribution is -0.228. The number of anilines is 1. The van der Waals surface area contributed by atoms with Gasteiger partial charge in [0.05, 0.1) is 18.7 Å². The van der Waals surface area contributed by atoms with Gasteiger partial charge in [-0.15, -0.1) is 0 Å². The number of amides is 2. The lowest BCUT2D eigenvalue weighted by Crippen LogP contribution is -2.81. The number of aromatic amines is 1. The highest BCUT2D eigenvalue weighted by molar-refractivity contribution is 5.88. The molecule has 61 heavy (non-hydrogen) atoms. The fourth-order valence-corrected chi connectivity index (χ4v) is 14.2. The zero-order valence-corrected chi connectivity index (χ0v) is 37.0. The molecule has 2 amide bonds. The molecule has 0 radical (unpaired) electrons. The molecule has 4 N–H and O–H groups in total. The van der Waals surface area contributed by atoms with E-state index in [2.05, 4.69) is 82.3 Å². The summed E-state index contributed by atoms with van der Waals surface area (Å²) in [5.74, 6) is -1.46. The first-order chi connectivity index (χ1) is 29.0. The molecule has 1 aromatic heterocycles. The van der Waals surface area contributed by atoms with Crippen molar-refractivity contribution in [2.45, 2.75) is 120 Å². The molecule has 6 aliphatic rings. The van der Waals surface area contributed by atoms with E-state index in [4.69, 9.17) is 9.47 Å². The third-order valence-corrected chi connectivity index (χ3v) is 16.3. The van der Waals surface area contributed by atoms with Crippen molar-refractivity contribution in [2.75, 3.05) is 58.3 Å². The van der Waals surface area contributed by atoms with Crippen LogP contribution in [-0.2, 0) is 36.3 Å². The van der Waals surface area contributed by atoms with Crippen LogP contribution >= 0.6 is 0 Å². The number of benzene rings is 2. The van der Waals surface area contributed by atoms with Crippen molar-refractivity contribution in [3.05, 3.63) is 76.2 Å². The molecule has 1 aliphatic carbocycles.